The minimum Gasteiger partial charge on any atom is -0.355 e. The molecule has 1 atom stereocenters. The molecular formula is C10H19N5O. The van der Waals surface area contributed by atoms with Crippen molar-refractivity contribution in [1.82, 2.24) is 25.4 Å². The first-order chi connectivity index (χ1) is 7.63. The second kappa shape index (κ2) is 6.22. The lowest BCUT2D eigenvalue weighted by Crippen LogP contribution is -2.42. The number of aromatic nitrogens is 3. The van der Waals surface area contributed by atoms with Crippen LogP contribution in [0.5, 0.6) is 0 Å². The smallest absolute Gasteiger partial charge is 0.236 e. The van der Waals surface area contributed by atoms with Crippen molar-refractivity contribution in [3.63, 3.8) is 0 Å². The Bertz CT molecular complexity index is 336. The number of carbonyl (C=O) groups excluding carboxylic acids is 1. The number of nitrogens with one attached hydrogen (secondary N) is 2. The Balaban J connectivity index is 2.22. The average Bonchev–Trinajstić information content (AvgIpc) is 2.64. The van der Waals surface area contributed by atoms with Crippen molar-refractivity contribution >= 4 is 5.91 Å². The third kappa shape index (κ3) is 3.98. The Morgan fingerprint density at radius 2 is 2.38 bits per heavy atom. The first kappa shape index (κ1) is 12.6. The van der Waals surface area contributed by atoms with Gasteiger partial charge in [0, 0.05) is 26.6 Å². The molecule has 6 heteroatoms. The lowest BCUT2D eigenvalue weighted by Gasteiger charge is -2.12. The van der Waals surface area contributed by atoms with Gasteiger partial charge >= 0.3 is 0 Å². The predicted octanol–water partition coefficient (Wildman–Crippen LogP) is -0.528. The highest BCUT2D eigenvalue weighted by atomic mass is 16.2. The van der Waals surface area contributed by atoms with Crippen molar-refractivity contribution in [2.75, 3.05) is 13.1 Å². The molecule has 1 heterocycles. The van der Waals surface area contributed by atoms with Crippen molar-refractivity contribution in [3.8, 4) is 0 Å². The van der Waals surface area contributed by atoms with E-state index < -0.39 is 0 Å². The van der Waals surface area contributed by atoms with E-state index in [4.69, 9.17) is 0 Å². The summed E-state index contributed by atoms with van der Waals surface area (Å²) >= 11 is 0. The fourth-order valence-electron chi connectivity index (χ4n) is 1.32. The van der Waals surface area contributed by atoms with Crippen LogP contribution in [-0.2, 0) is 18.3 Å². The van der Waals surface area contributed by atoms with E-state index >= 15 is 0 Å². The zero-order valence-electron chi connectivity index (χ0n) is 10.0. The molecule has 0 aliphatic carbocycles. The van der Waals surface area contributed by atoms with Gasteiger partial charge in [0.15, 0.2) is 5.82 Å². The summed E-state index contributed by atoms with van der Waals surface area (Å²) in [4.78, 5) is 15.5. The molecule has 0 spiro atoms. The number of nitrogens with zero attached hydrogens (tertiary/aromatic N) is 3. The van der Waals surface area contributed by atoms with Crippen molar-refractivity contribution in [2.45, 2.75) is 26.3 Å². The molecule has 6 nitrogen and oxygen atoms in total. The lowest BCUT2D eigenvalue weighted by atomic mass is 10.3. The van der Waals surface area contributed by atoms with Crippen LogP contribution in [0, 0.1) is 0 Å². The molecule has 0 saturated heterocycles. The van der Waals surface area contributed by atoms with E-state index in [9.17, 15) is 4.79 Å². The highest BCUT2D eigenvalue weighted by Gasteiger charge is 2.10. The highest BCUT2D eigenvalue weighted by Crippen LogP contribution is 1.89. The van der Waals surface area contributed by atoms with Crippen LogP contribution in [0.25, 0.3) is 0 Å². The summed E-state index contributed by atoms with van der Waals surface area (Å²) < 4.78 is 1.67. The molecular weight excluding hydrogens is 206 g/mol. The summed E-state index contributed by atoms with van der Waals surface area (Å²) in [6, 6.07) is -0.177. The molecule has 0 radical (unpaired) electrons. The second-order valence-corrected chi connectivity index (χ2v) is 3.65. The SMILES string of the molecule is CCNC(=O)C(C)NCCc1ncn(C)n1. The maximum Gasteiger partial charge on any atom is 0.236 e. The average molecular weight is 225 g/mol. The van der Waals surface area contributed by atoms with Crippen LogP contribution in [0.15, 0.2) is 6.33 Å². The van der Waals surface area contributed by atoms with E-state index in [0.29, 0.717) is 13.1 Å². The number of hydrogen-bond acceptors (Lipinski definition) is 4. The Morgan fingerprint density at radius 3 is 2.94 bits per heavy atom. The Labute approximate surface area is 95.4 Å². The zero-order valence-corrected chi connectivity index (χ0v) is 10.0. The van der Waals surface area contributed by atoms with Crippen LogP contribution in [-0.4, -0.2) is 39.8 Å². The van der Waals surface area contributed by atoms with Gasteiger partial charge in [0.05, 0.1) is 6.04 Å². The number of carbonyl (C=O) groups is 1. The maximum absolute atomic E-state index is 11.4. The van der Waals surface area contributed by atoms with Gasteiger partial charge in [0.25, 0.3) is 0 Å². The molecule has 0 aliphatic heterocycles. The molecule has 0 fully saturated rings. The van der Waals surface area contributed by atoms with Gasteiger partial charge in [-0.25, -0.2) is 4.98 Å². The fraction of sp³-hybridized carbons (Fsp3) is 0.700. The molecule has 2 N–H and O–H groups in total. The van der Waals surface area contributed by atoms with Gasteiger partial charge in [-0.2, -0.15) is 5.10 Å². The first-order valence-electron chi connectivity index (χ1n) is 5.49. The van der Waals surface area contributed by atoms with Crippen LogP contribution in [0.2, 0.25) is 0 Å². The summed E-state index contributed by atoms with van der Waals surface area (Å²) in [6.07, 6.45) is 2.40. The molecule has 0 aromatic carbocycles. The quantitative estimate of drug-likeness (QED) is 0.683. The highest BCUT2D eigenvalue weighted by molar-refractivity contribution is 5.81. The standard InChI is InChI=1S/C10H19N5O/c1-4-11-10(16)8(2)12-6-5-9-13-7-15(3)14-9/h7-8,12H,4-6H2,1-3H3,(H,11,16). The maximum atomic E-state index is 11.4. The minimum atomic E-state index is -0.177. The minimum absolute atomic E-state index is 0.0245. The van der Waals surface area contributed by atoms with Gasteiger partial charge in [-0.3, -0.25) is 9.48 Å². The lowest BCUT2D eigenvalue weighted by molar-refractivity contribution is -0.122. The monoisotopic (exact) mass is 225 g/mol. The van der Waals surface area contributed by atoms with E-state index in [1.807, 2.05) is 20.9 Å². The zero-order chi connectivity index (χ0) is 12.0. The van der Waals surface area contributed by atoms with Crippen LogP contribution in [0.3, 0.4) is 0 Å². The van der Waals surface area contributed by atoms with E-state index in [0.717, 1.165) is 12.2 Å². The molecule has 0 bridgehead atoms. The normalized spacial score (nSPS) is 12.4. The van der Waals surface area contributed by atoms with Gasteiger partial charge in [-0.15, -0.1) is 0 Å². The number of likely N-dealkylation sites (N-methyl/N-ethyl adjacent to an activating group) is 1. The van der Waals surface area contributed by atoms with Gasteiger partial charge in [-0.1, -0.05) is 0 Å². The van der Waals surface area contributed by atoms with Crippen molar-refractivity contribution in [1.29, 1.82) is 0 Å². The van der Waals surface area contributed by atoms with Crippen LogP contribution in [0.4, 0.5) is 0 Å². The molecule has 16 heavy (non-hydrogen) atoms. The van der Waals surface area contributed by atoms with Gasteiger partial charge < -0.3 is 10.6 Å². The van der Waals surface area contributed by atoms with Crippen molar-refractivity contribution in [2.24, 2.45) is 7.05 Å². The molecule has 0 saturated carbocycles. The van der Waals surface area contributed by atoms with Gasteiger partial charge in [0.1, 0.15) is 6.33 Å². The van der Waals surface area contributed by atoms with Gasteiger partial charge in [0.2, 0.25) is 5.91 Å². The number of aryl methyl sites for hydroxylation is 1. The topological polar surface area (TPSA) is 71.8 Å². The number of amides is 1. The van der Waals surface area contributed by atoms with E-state index in [-0.39, 0.29) is 11.9 Å². The summed E-state index contributed by atoms with van der Waals surface area (Å²) in [5.41, 5.74) is 0. The number of rotatable bonds is 6. The van der Waals surface area contributed by atoms with Crippen LogP contribution >= 0.6 is 0 Å². The number of hydrogen-bond donors (Lipinski definition) is 2. The van der Waals surface area contributed by atoms with Crippen molar-refractivity contribution in [3.05, 3.63) is 12.2 Å². The molecule has 90 valence electrons. The second-order valence-electron chi connectivity index (χ2n) is 3.65. The Morgan fingerprint density at radius 1 is 1.62 bits per heavy atom. The van der Waals surface area contributed by atoms with E-state index in [1.54, 1.807) is 11.0 Å². The molecule has 0 aliphatic rings. The summed E-state index contributed by atoms with van der Waals surface area (Å²) in [5, 5.41) is 10.0. The Kier molecular flexibility index (Phi) is 4.91. The van der Waals surface area contributed by atoms with Gasteiger partial charge in [-0.05, 0) is 13.8 Å². The molecule has 1 aromatic rings. The summed E-state index contributed by atoms with van der Waals surface area (Å²) in [5.74, 6) is 0.814. The third-order valence-electron chi connectivity index (χ3n) is 2.19. The largest absolute Gasteiger partial charge is 0.355 e. The summed E-state index contributed by atoms with van der Waals surface area (Å²) in [6.45, 7) is 5.11. The van der Waals surface area contributed by atoms with Crippen molar-refractivity contribution < 1.29 is 4.79 Å². The molecule has 1 aromatic heterocycles. The fourth-order valence-corrected chi connectivity index (χ4v) is 1.32. The predicted molar refractivity (Wildman–Crippen MR) is 60.9 cm³/mol. The van der Waals surface area contributed by atoms with E-state index in [2.05, 4.69) is 20.7 Å². The Hall–Kier alpha value is -1.43. The van der Waals surface area contributed by atoms with Crippen LogP contribution in [0.1, 0.15) is 19.7 Å². The summed E-state index contributed by atoms with van der Waals surface area (Å²) in [7, 11) is 1.83. The first-order valence-corrected chi connectivity index (χ1v) is 5.49. The molecule has 1 rings (SSSR count). The molecule has 1 amide bonds. The third-order valence-corrected chi connectivity index (χ3v) is 2.19. The van der Waals surface area contributed by atoms with E-state index in [1.165, 1.54) is 0 Å². The van der Waals surface area contributed by atoms with Crippen LogP contribution < -0.4 is 10.6 Å². The molecule has 1 unspecified atom stereocenters.